The number of oxime groups is 1. The molecular weight excluding hydrogens is 778 g/mol. The van der Waals surface area contributed by atoms with Crippen LogP contribution in [0.3, 0.4) is 0 Å². The highest BCUT2D eigenvalue weighted by Gasteiger charge is 2.53. The van der Waals surface area contributed by atoms with Gasteiger partial charge in [0.2, 0.25) is 0 Å². The van der Waals surface area contributed by atoms with Gasteiger partial charge in [0.15, 0.2) is 12.6 Å². The lowest BCUT2D eigenvalue weighted by Crippen LogP contribution is -2.61. The van der Waals surface area contributed by atoms with Crippen LogP contribution < -0.4 is 0 Å². The molecule has 0 aromatic heterocycles. The molecule has 60 heavy (non-hydrogen) atoms. The summed E-state index contributed by atoms with van der Waals surface area (Å²) in [5.74, 6) is -1.40. The zero-order valence-corrected chi connectivity index (χ0v) is 38.7. The van der Waals surface area contributed by atoms with E-state index in [0.29, 0.717) is 31.6 Å². The molecule has 16 heteroatoms. The van der Waals surface area contributed by atoms with Gasteiger partial charge in [-0.25, -0.2) is 0 Å². The summed E-state index contributed by atoms with van der Waals surface area (Å²) in [6.07, 6.45) is -3.52. The van der Waals surface area contributed by atoms with Crippen LogP contribution in [-0.2, 0) is 38.1 Å². The van der Waals surface area contributed by atoms with Crippen LogP contribution >= 0.6 is 0 Å². The number of rotatable bonds is 13. The van der Waals surface area contributed by atoms with Gasteiger partial charge in [-0.2, -0.15) is 0 Å². The van der Waals surface area contributed by atoms with E-state index in [4.69, 9.17) is 39.7 Å². The van der Waals surface area contributed by atoms with Crippen molar-refractivity contribution in [3.05, 3.63) is 0 Å². The van der Waals surface area contributed by atoms with Gasteiger partial charge in [-0.15, -0.1) is 12.3 Å². The molecule has 3 aliphatic rings. The van der Waals surface area contributed by atoms with Gasteiger partial charge in [0.25, 0.3) is 0 Å². The van der Waals surface area contributed by atoms with E-state index in [0.717, 1.165) is 0 Å². The highest BCUT2D eigenvalue weighted by atomic mass is 16.7. The number of terminal acetylenes is 1. The molecule has 18 atom stereocenters. The number of hydrogen-bond acceptors (Lipinski definition) is 16. The second-order valence-corrected chi connectivity index (χ2v) is 18.7. The summed E-state index contributed by atoms with van der Waals surface area (Å²) < 4.78 is 37.9. The smallest absolute Gasteiger partial charge is 0.311 e. The van der Waals surface area contributed by atoms with E-state index < -0.39 is 102 Å². The van der Waals surface area contributed by atoms with Gasteiger partial charge in [0.05, 0.1) is 53.4 Å². The molecule has 16 nitrogen and oxygen atoms in total. The van der Waals surface area contributed by atoms with Crippen LogP contribution in [0.15, 0.2) is 5.16 Å². The van der Waals surface area contributed by atoms with Crippen LogP contribution in [0.5, 0.6) is 0 Å². The number of likely N-dealkylation sites (N-methyl/N-ethyl adjacent to an activating group) is 2. The van der Waals surface area contributed by atoms with E-state index in [1.165, 1.54) is 14.0 Å². The highest BCUT2D eigenvalue weighted by molar-refractivity contribution is 5.88. The standard InChI is InChI=1S/C44H79N3O13/c1-16-18-19-47(14)31-22-26(4)56-41(35(31)48)60-39-28(6)36(59-33-24-43(10,54-15)38(50)30(8)57-33)29(7)40(51)58-32(17-2)44(11,53)37(49)27(5)34(25(3)23-42(39,9)52)45-55-21-20-46(12)13/h1,25-33,35-39,41,48-50,52-53H,17-24H2,2-15H3/t25-,26-,27+,28?,29-,30+,31+,32-,33?,35-,36?,37-,38+,39-,41?,42-,43-,44-/m1/s1. The number of methoxy groups -OCH3 is 1. The minimum atomic E-state index is -1.94. The Balaban J connectivity index is 2.24. The van der Waals surface area contributed by atoms with E-state index in [1.807, 2.05) is 44.8 Å². The van der Waals surface area contributed by atoms with E-state index in [-0.39, 0.29) is 38.0 Å². The lowest BCUT2D eigenvalue weighted by molar-refractivity contribution is -0.318. The zero-order valence-electron chi connectivity index (χ0n) is 38.7. The van der Waals surface area contributed by atoms with Crippen molar-refractivity contribution in [1.82, 2.24) is 9.80 Å². The molecule has 0 amide bonds. The summed E-state index contributed by atoms with van der Waals surface area (Å²) in [5, 5.41) is 64.2. The first-order valence-electron chi connectivity index (χ1n) is 21.7. The fourth-order valence-electron chi connectivity index (χ4n) is 9.27. The molecule has 0 saturated carbocycles. The van der Waals surface area contributed by atoms with Crippen LogP contribution in [0.2, 0.25) is 0 Å². The average Bonchev–Trinajstić information content (AvgIpc) is 3.17. The van der Waals surface area contributed by atoms with Gasteiger partial charge >= 0.3 is 5.97 Å². The third-order valence-corrected chi connectivity index (χ3v) is 13.2. The number of cyclic esters (lactones) is 1. The Bertz CT molecular complexity index is 1430. The molecule has 3 aliphatic heterocycles. The van der Waals surface area contributed by atoms with Crippen molar-refractivity contribution in [1.29, 1.82) is 0 Å². The number of esters is 1. The number of carbonyl (C=O) groups excluding carboxylic acids is 1. The van der Waals surface area contributed by atoms with E-state index in [1.54, 1.807) is 48.5 Å². The molecule has 4 unspecified atom stereocenters. The number of carbonyl (C=O) groups is 1. The number of ether oxygens (including phenoxy) is 6. The van der Waals surface area contributed by atoms with Gasteiger partial charge in [-0.1, -0.05) is 32.9 Å². The molecule has 0 radical (unpaired) electrons. The van der Waals surface area contributed by atoms with Crippen LogP contribution in [0, 0.1) is 36.0 Å². The molecule has 3 heterocycles. The Labute approximate surface area is 359 Å². The van der Waals surface area contributed by atoms with E-state index in [9.17, 15) is 30.3 Å². The molecule has 0 aromatic carbocycles. The van der Waals surface area contributed by atoms with Gasteiger partial charge in [0, 0.05) is 56.8 Å². The third-order valence-electron chi connectivity index (χ3n) is 13.2. The molecule has 0 spiro atoms. The summed E-state index contributed by atoms with van der Waals surface area (Å²) in [5.41, 5.74) is -4.40. The van der Waals surface area contributed by atoms with E-state index >= 15 is 0 Å². The van der Waals surface area contributed by atoms with Crippen molar-refractivity contribution >= 4 is 11.7 Å². The minimum Gasteiger partial charge on any atom is -0.459 e. The number of aliphatic hydroxyl groups is 5. The second kappa shape index (κ2) is 22.1. The lowest BCUT2D eigenvalue weighted by Gasteiger charge is -2.49. The van der Waals surface area contributed by atoms with Gasteiger partial charge in [0.1, 0.15) is 30.5 Å². The quantitative estimate of drug-likeness (QED) is 0.0783. The predicted molar refractivity (Wildman–Crippen MR) is 226 cm³/mol. The van der Waals surface area contributed by atoms with Gasteiger partial charge in [-0.3, -0.25) is 9.69 Å². The first-order chi connectivity index (χ1) is 27.9. The highest BCUT2D eigenvalue weighted by Crippen LogP contribution is 2.41. The fourth-order valence-corrected chi connectivity index (χ4v) is 9.27. The molecular formula is C44H79N3O13. The Morgan fingerprint density at radius 1 is 0.933 bits per heavy atom. The Morgan fingerprint density at radius 2 is 1.58 bits per heavy atom. The molecule has 5 N–H and O–H groups in total. The van der Waals surface area contributed by atoms with Crippen molar-refractivity contribution in [3.8, 4) is 12.3 Å². The monoisotopic (exact) mass is 858 g/mol. The van der Waals surface area contributed by atoms with Gasteiger partial charge < -0.3 is 63.7 Å². The normalized spacial score (nSPS) is 44.6. The zero-order chi connectivity index (χ0) is 45.5. The van der Waals surface area contributed by atoms with Crippen molar-refractivity contribution in [3.63, 3.8) is 0 Å². The Morgan fingerprint density at radius 3 is 2.17 bits per heavy atom. The summed E-state index contributed by atoms with van der Waals surface area (Å²) in [4.78, 5) is 24.1. The van der Waals surface area contributed by atoms with E-state index in [2.05, 4.69) is 11.1 Å². The van der Waals surface area contributed by atoms with Crippen LogP contribution in [0.4, 0.5) is 0 Å². The topological polar surface area (TPSA) is 202 Å². The summed E-state index contributed by atoms with van der Waals surface area (Å²) in [6, 6.07) is -0.389. The van der Waals surface area contributed by atoms with Crippen LogP contribution in [-0.4, -0.2) is 179 Å². The van der Waals surface area contributed by atoms with Crippen molar-refractivity contribution in [2.45, 2.75) is 186 Å². The molecule has 3 fully saturated rings. The maximum Gasteiger partial charge on any atom is 0.311 e. The first-order valence-corrected chi connectivity index (χ1v) is 21.7. The summed E-state index contributed by atoms with van der Waals surface area (Å²) >= 11 is 0. The number of hydrogen-bond donors (Lipinski definition) is 5. The minimum absolute atomic E-state index is 0.00535. The van der Waals surface area contributed by atoms with Crippen LogP contribution in [0.1, 0.15) is 101 Å². The van der Waals surface area contributed by atoms with Crippen LogP contribution in [0.25, 0.3) is 0 Å². The molecule has 0 aliphatic carbocycles. The average molecular weight is 858 g/mol. The Hall–Kier alpha value is -1.98. The molecule has 348 valence electrons. The lowest BCUT2D eigenvalue weighted by atomic mass is 9.73. The number of nitrogens with zero attached hydrogens (tertiary/aromatic N) is 3. The maximum atomic E-state index is 14.4. The summed E-state index contributed by atoms with van der Waals surface area (Å²) in [6.45, 7) is 18.4. The SMILES string of the molecule is C#CCCN(C)[C@H]1C[C@@H](C)OC(O[C@@H]2C(C)C(OC3C[C@@](C)(OC)[C@@H](O)[C@H](C)O3)[C@@H](C)C(=O)O[C@H](CC)[C@@](C)(O)[C@H](O)[C@@H](C)C(=NOCCN(C)C)[C@H](C)C[C@@]2(C)O)[C@@H]1O. The van der Waals surface area contributed by atoms with Crippen molar-refractivity contribution in [2.24, 2.45) is 28.8 Å². The van der Waals surface area contributed by atoms with Crippen molar-refractivity contribution < 1.29 is 63.6 Å². The predicted octanol–water partition coefficient (Wildman–Crippen LogP) is 2.54. The second-order valence-electron chi connectivity index (χ2n) is 18.7. The third kappa shape index (κ3) is 12.6. The molecule has 3 saturated heterocycles. The maximum absolute atomic E-state index is 14.4. The van der Waals surface area contributed by atoms with Crippen molar-refractivity contribution in [2.75, 3.05) is 47.9 Å². The molecule has 3 rings (SSSR count). The first kappa shape index (κ1) is 52.4. The molecule has 0 bridgehead atoms. The number of aliphatic hydroxyl groups excluding tert-OH is 3. The molecule has 0 aromatic rings. The largest absolute Gasteiger partial charge is 0.459 e. The summed E-state index contributed by atoms with van der Waals surface area (Å²) in [7, 11) is 7.18. The van der Waals surface area contributed by atoms with Gasteiger partial charge in [-0.05, 0) is 81.9 Å². The Kier molecular flexibility index (Phi) is 19.3. The fraction of sp³-hybridized carbons (Fsp3) is 0.909.